The van der Waals surface area contributed by atoms with E-state index in [2.05, 4.69) is 16.2 Å². The van der Waals surface area contributed by atoms with E-state index in [1.54, 1.807) is 0 Å². The van der Waals surface area contributed by atoms with Crippen LogP contribution in [0.2, 0.25) is 5.02 Å². The highest BCUT2D eigenvalue weighted by molar-refractivity contribution is 6.31. The minimum absolute atomic E-state index is 0.00468. The number of carbonyl (C=O) groups is 1. The molecule has 6 heteroatoms. The number of amides is 1. The Labute approximate surface area is 135 Å². The van der Waals surface area contributed by atoms with Gasteiger partial charge < -0.3 is 10.1 Å². The van der Waals surface area contributed by atoms with Crippen molar-refractivity contribution >= 4 is 17.5 Å². The lowest BCUT2D eigenvalue weighted by Crippen LogP contribution is -2.49. The maximum Gasteiger partial charge on any atom is 0.238 e. The second kappa shape index (κ2) is 6.96. The van der Waals surface area contributed by atoms with E-state index < -0.39 is 0 Å². The first-order chi connectivity index (χ1) is 10.6. The summed E-state index contributed by atoms with van der Waals surface area (Å²) in [4.78, 5) is 12.4. The molecule has 1 aromatic rings. The van der Waals surface area contributed by atoms with Gasteiger partial charge in [0.1, 0.15) is 6.04 Å². The summed E-state index contributed by atoms with van der Waals surface area (Å²) in [7, 11) is 0. The van der Waals surface area contributed by atoms with Crippen LogP contribution in [0.4, 0.5) is 0 Å². The van der Waals surface area contributed by atoms with Crippen molar-refractivity contribution in [1.29, 1.82) is 0 Å². The van der Waals surface area contributed by atoms with Crippen molar-refractivity contribution in [2.24, 2.45) is 0 Å². The summed E-state index contributed by atoms with van der Waals surface area (Å²) in [5.41, 5.74) is 7.24. The molecule has 2 fully saturated rings. The molecule has 3 N–H and O–H groups in total. The highest BCUT2D eigenvalue weighted by atomic mass is 35.5. The Morgan fingerprint density at radius 3 is 2.95 bits per heavy atom. The van der Waals surface area contributed by atoms with Crippen molar-refractivity contribution in [3.63, 3.8) is 0 Å². The first-order valence-electron chi connectivity index (χ1n) is 7.82. The monoisotopic (exact) mass is 323 g/mol. The lowest BCUT2D eigenvalue weighted by molar-refractivity contribution is -0.124. The summed E-state index contributed by atoms with van der Waals surface area (Å²) >= 11 is 6.22. The number of carbonyl (C=O) groups excluding carboxylic acids is 1. The van der Waals surface area contributed by atoms with Crippen LogP contribution < -0.4 is 16.2 Å². The fourth-order valence-electron chi connectivity index (χ4n) is 3.10. The molecule has 0 radical (unpaired) electrons. The molecule has 3 rings (SSSR count). The van der Waals surface area contributed by atoms with Crippen molar-refractivity contribution in [3.05, 3.63) is 34.9 Å². The third-order valence-corrected chi connectivity index (χ3v) is 4.74. The summed E-state index contributed by atoms with van der Waals surface area (Å²) in [5, 5.41) is 3.77. The predicted octanol–water partition coefficient (Wildman–Crippen LogP) is 1.93. The Hall–Kier alpha value is -1.14. The maximum atomic E-state index is 12.4. The van der Waals surface area contributed by atoms with Crippen molar-refractivity contribution in [3.8, 4) is 0 Å². The van der Waals surface area contributed by atoms with E-state index in [9.17, 15) is 4.79 Å². The Morgan fingerprint density at radius 2 is 2.23 bits per heavy atom. The van der Waals surface area contributed by atoms with E-state index in [4.69, 9.17) is 16.3 Å². The van der Waals surface area contributed by atoms with Gasteiger partial charge in [-0.3, -0.25) is 4.79 Å². The Kier molecular flexibility index (Phi) is 4.98. The van der Waals surface area contributed by atoms with Crippen molar-refractivity contribution in [2.75, 3.05) is 6.61 Å². The summed E-state index contributed by atoms with van der Waals surface area (Å²) in [6.45, 7) is 2.80. The molecule has 0 spiro atoms. The highest BCUT2D eigenvalue weighted by Gasteiger charge is 2.33. The molecule has 1 aromatic carbocycles. The Bertz CT molecular complexity index is 534. The van der Waals surface area contributed by atoms with Crippen molar-refractivity contribution < 1.29 is 9.53 Å². The minimum atomic E-state index is -0.259. The standard InChI is InChI=1S/C16H22ClN3O2/c1-10(15-7-4-8-22-15)18-16(21)14-9-13(19-20-14)11-5-2-3-6-12(11)17/h2-3,5-6,10,13-15,19-20H,4,7-9H2,1H3,(H,18,21). The Balaban J connectivity index is 1.55. The van der Waals surface area contributed by atoms with E-state index >= 15 is 0 Å². The van der Waals surface area contributed by atoms with Crippen LogP contribution >= 0.6 is 11.6 Å². The van der Waals surface area contributed by atoms with E-state index in [0.29, 0.717) is 6.42 Å². The number of rotatable bonds is 4. The van der Waals surface area contributed by atoms with Crippen LogP contribution in [0.15, 0.2) is 24.3 Å². The van der Waals surface area contributed by atoms with Crippen molar-refractivity contribution in [2.45, 2.75) is 50.4 Å². The second-order valence-electron chi connectivity index (χ2n) is 6.00. The molecular weight excluding hydrogens is 302 g/mol. The van der Waals surface area contributed by atoms with Crippen LogP contribution in [0.5, 0.6) is 0 Å². The zero-order chi connectivity index (χ0) is 15.5. The van der Waals surface area contributed by atoms with Gasteiger partial charge in [0.25, 0.3) is 0 Å². The van der Waals surface area contributed by atoms with Gasteiger partial charge in [0, 0.05) is 17.7 Å². The molecule has 0 saturated carbocycles. The Morgan fingerprint density at radius 1 is 1.41 bits per heavy atom. The number of hydrazine groups is 1. The van der Waals surface area contributed by atoms with Crippen LogP contribution in [0, 0.1) is 0 Å². The first kappa shape index (κ1) is 15.7. The average Bonchev–Trinajstić information content (AvgIpc) is 3.19. The van der Waals surface area contributed by atoms with E-state index in [1.165, 1.54) is 0 Å². The molecule has 0 aromatic heterocycles. The molecule has 22 heavy (non-hydrogen) atoms. The lowest BCUT2D eigenvalue weighted by Gasteiger charge is -2.21. The molecule has 1 amide bonds. The molecule has 4 atom stereocenters. The normalized spacial score (nSPS) is 29.5. The lowest BCUT2D eigenvalue weighted by atomic mass is 10.0. The fourth-order valence-corrected chi connectivity index (χ4v) is 3.37. The molecule has 2 saturated heterocycles. The molecule has 5 nitrogen and oxygen atoms in total. The second-order valence-corrected chi connectivity index (χ2v) is 6.41. The van der Waals surface area contributed by atoms with Crippen LogP contribution in [0.3, 0.4) is 0 Å². The fraction of sp³-hybridized carbons (Fsp3) is 0.562. The number of hydrogen-bond acceptors (Lipinski definition) is 4. The van der Waals surface area contributed by atoms with Gasteiger partial charge in [0.05, 0.1) is 12.1 Å². The van der Waals surface area contributed by atoms with Gasteiger partial charge in [-0.05, 0) is 37.8 Å². The molecule has 4 unspecified atom stereocenters. The molecule has 2 heterocycles. The topological polar surface area (TPSA) is 62.4 Å². The van der Waals surface area contributed by atoms with Gasteiger partial charge in [-0.1, -0.05) is 29.8 Å². The van der Waals surface area contributed by atoms with Gasteiger partial charge in [-0.15, -0.1) is 0 Å². The largest absolute Gasteiger partial charge is 0.376 e. The molecule has 2 aliphatic rings. The summed E-state index contributed by atoms with van der Waals surface area (Å²) in [6.07, 6.45) is 2.90. The van der Waals surface area contributed by atoms with Gasteiger partial charge in [-0.2, -0.15) is 0 Å². The van der Waals surface area contributed by atoms with Crippen LogP contribution in [-0.2, 0) is 9.53 Å². The number of ether oxygens (including phenoxy) is 1. The zero-order valence-electron chi connectivity index (χ0n) is 12.6. The summed E-state index contributed by atoms with van der Waals surface area (Å²) in [5.74, 6) is 0.00468. The SMILES string of the molecule is CC(NC(=O)C1CC(c2ccccc2Cl)NN1)C1CCCO1. The summed E-state index contributed by atoms with van der Waals surface area (Å²) < 4.78 is 5.62. The van der Waals surface area contributed by atoms with E-state index in [0.717, 1.165) is 30.0 Å². The van der Waals surface area contributed by atoms with E-state index in [-0.39, 0.29) is 30.1 Å². The first-order valence-corrected chi connectivity index (χ1v) is 8.20. The van der Waals surface area contributed by atoms with Gasteiger partial charge >= 0.3 is 0 Å². The number of halogens is 1. The third kappa shape index (κ3) is 3.43. The van der Waals surface area contributed by atoms with Crippen LogP contribution in [0.1, 0.15) is 37.8 Å². The molecule has 120 valence electrons. The molecule has 0 bridgehead atoms. The number of hydrogen-bond donors (Lipinski definition) is 3. The third-order valence-electron chi connectivity index (χ3n) is 4.39. The molecule has 2 aliphatic heterocycles. The number of nitrogens with one attached hydrogen (secondary N) is 3. The van der Waals surface area contributed by atoms with Gasteiger partial charge in [-0.25, -0.2) is 10.9 Å². The smallest absolute Gasteiger partial charge is 0.238 e. The predicted molar refractivity (Wildman–Crippen MR) is 85.4 cm³/mol. The van der Waals surface area contributed by atoms with Crippen LogP contribution in [0.25, 0.3) is 0 Å². The van der Waals surface area contributed by atoms with Gasteiger partial charge in [0.15, 0.2) is 0 Å². The van der Waals surface area contributed by atoms with Crippen molar-refractivity contribution in [1.82, 2.24) is 16.2 Å². The van der Waals surface area contributed by atoms with Gasteiger partial charge in [0.2, 0.25) is 5.91 Å². The maximum absolute atomic E-state index is 12.4. The summed E-state index contributed by atoms with van der Waals surface area (Å²) in [6, 6.07) is 7.53. The quantitative estimate of drug-likeness (QED) is 0.792. The molecular formula is C16H22ClN3O2. The number of benzene rings is 1. The average molecular weight is 324 g/mol. The zero-order valence-corrected chi connectivity index (χ0v) is 13.4. The molecule has 0 aliphatic carbocycles. The highest BCUT2D eigenvalue weighted by Crippen LogP contribution is 2.28. The van der Waals surface area contributed by atoms with Crippen LogP contribution in [-0.4, -0.2) is 30.7 Å². The van der Waals surface area contributed by atoms with E-state index in [1.807, 2.05) is 31.2 Å². The minimum Gasteiger partial charge on any atom is -0.376 e.